The molecule has 0 bridgehead atoms. The zero-order valence-corrected chi connectivity index (χ0v) is 11.2. The van der Waals surface area contributed by atoms with E-state index in [2.05, 4.69) is 5.32 Å². The maximum atomic E-state index is 12.4. The van der Waals surface area contributed by atoms with Crippen molar-refractivity contribution < 1.29 is 17.9 Å². The van der Waals surface area contributed by atoms with Gasteiger partial charge in [0.25, 0.3) is 0 Å². The van der Waals surface area contributed by atoms with Crippen molar-refractivity contribution in [3.63, 3.8) is 0 Å². The lowest BCUT2D eigenvalue weighted by Crippen LogP contribution is -2.32. The second kappa shape index (κ2) is 7.88. The van der Waals surface area contributed by atoms with Crippen LogP contribution in [0.3, 0.4) is 0 Å². The Morgan fingerprint density at radius 2 is 1.95 bits per heavy atom. The van der Waals surface area contributed by atoms with Crippen molar-refractivity contribution >= 4 is 0 Å². The number of hydrogen-bond donors (Lipinski definition) is 1. The first kappa shape index (κ1) is 16.5. The molecule has 0 amide bonds. The minimum Gasteiger partial charge on any atom is -0.377 e. The molecule has 6 heteroatoms. The Bertz CT molecular complexity index is 454. The molecule has 1 aromatic carbocycles. The van der Waals surface area contributed by atoms with Crippen LogP contribution in [0, 0.1) is 17.2 Å². The van der Waals surface area contributed by atoms with Crippen LogP contribution in [0.5, 0.6) is 0 Å². The van der Waals surface area contributed by atoms with Gasteiger partial charge in [-0.15, -0.1) is 0 Å². The molecule has 110 valence electrons. The van der Waals surface area contributed by atoms with Gasteiger partial charge in [0.05, 0.1) is 12.7 Å². The van der Waals surface area contributed by atoms with E-state index < -0.39 is 18.6 Å². The van der Waals surface area contributed by atoms with E-state index in [-0.39, 0.29) is 6.54 Å². The molecule has 20 heavy (non-hydrogen) atoms. The van der Waals surface area contributed by atoms with Gasteiger partial charge in [0.2, 0.25) is 0 Å². The van der Waals surface area contributed by atoms with Gasteiger partial charge in [-0.25, -0.2) is 0 Å². The summed E-state index contributed by atoms with van der Waals surface area (Å²) in [6.07, 6.45) is -4.49. The molecule has 0 fully saturated rings. The number of alkyl halides is 3. The summed E-state index contributed by atoms with van der Waals surface area (Å²) >= 11 is 0. The first-order chi connectivity index (χ1) is 9.49. The average Bonchev–Trinajstić information content (AvgIpc) is 2.41. The van der Waals surface area contributed by atoms with Gasteiger partial charge in [0.1, 0.15) is 0 Å². The molecular weight excluding hydrogens is 269 g/mol. The smallest absolute Gasteiger partial charge is 0.377 e. The van der Waals surface area contributed by atoms with Crippen LogP contribution in [0.1, 0.15) is 18.1 Å². The van der Waals surface area contributed by atoms with Crippen molar-refractivity contribution in [1.82, 2.24) is 5.32 Å². The van der Waals surface area contributed by atoms with Crippen molar-refractivity contribution in [2.24, 2.45) is 5.92 Å². The molecule has 0 saturated heterocycles. The lowest BCUT2D eigenvalue weighted by atomic mass is 10.1. The number of ether oxygens (including phenoxy) is 1. The fourth-order valence-electron chi connectivity index (χ4n) is 1.67. The Morgan fingerprint density at radius 3 is 2.50 bits per heavy atom. The van der Waals surface area contributed by atoms with E-state index in [1.165, 1.54) is 6.07 Å². The van der Waals surface area contributed by atoms with Gasteiger partial charge in [-0.1, -0.05) is 24.3 Å². The predicted molar refractivity (Wildman–Crippen MR) is 68.6 cm³/mol. The van der Waals surface area contributed by atoms with Crippen molar-refractivity contribution in [3.05, 3.63) is 35.4 Å². The molecule has 0 saturated carbocycles. The van der Waals surface area contributed by atoms with Crippen LogP contribution in [0.25, 0.3) is 0 Å². The van der Waals surface area contributed by atoms with Gasteiger partial charge < -0.3 is 10.1 Å². The third-order valence-electron chi connectivity index (χ3n) is 2.79. The van der Waals surface area contributed by atoms with E-state index in [0.29, 0.717) is 13.2 Å². The monoisotopic (exact) mass is 286 g/mol. The van der Waals surface area contributed by atoms with E-state index in [0.717, 1.165) is 11.1 Å². The van der Waals surface area contributed by atoms with Crippen molar-refractivity contribution in [3.8, 4) is 6.07 Å². The topological polar surface area (TPSA) is 45.0 Å². The Morgan fingerprint density at radius 1 is 1.30 bits per heavy atom. The van der Waals surface area contributed by atoms with Gasteiger partial charge in [0, 0.05) is 19.7 Å². The van der Waals surface area contributed by atoms with E-state index >= 15 is 0 Å². The van der Waals surface area contributed by atoms with Crippen LogP contribution in [-0.4, -0.2) is 19.3 Å². The largest absolute Gasteiger partial charge is 0.405 e. The summed E-state index contributed by atoms with van der Waals surface area (Å²) in [6, 6.07) is 8.64. The first-order valence-corrected chi connectivity index (χ1v) is 6.30. The number of nitrogens with zero attached hydrogens (tertiary/aromatic N) is 1. The summed E-state index contributed by atoms with van der Waals surface area (Å²) in [4.78, 5) is 0. The highest BCUT2D eigenvalue weighted by Gasteiger charge is 2.39. The molecule has 0 aromatic heterocycles. The zero-order chi connectivity index (χ0) is 15.0. The van der Waals surface area contributed by atoms with Gasteiger partial charge >= 0.3 is 6.18 Å². The molecule has 0 spiro atoms. The van der Waals surface area contributed by atoms with E-state index in [4.69, 9.17) is 10.00 Å². The highest BCUT2D eigenvalue weighted by atomic mass is 19.4. The lowest BCUT2D eigenvalue weighted by Gasteiger charge is -2.15. The molecule has 1 rings (SSSR count). The molecular formula is C14H17F3N2O. The number of hydrogen-bond acceptors (Lipinski definition) is 3. The van der Waals surface area contributed by atoms with Crippen molar-refractivity contribution in [2.75, 3.05) is 13.2 Å². The third kappa shape index (κ3) is 5.19. The summed E-state index contributed by atoms with van der Waals surface area (Å²) < 4.78 is 42.5. The van der Waals surface area contributed by atoms with Crippen LogP contribution in [0.2, 0.25) is 0 Å². The Hall–Kier alpha value is -1.58. The summed E-state index contributed by atoms with van der Waals surface area (Å²) in [5, 5.41) is 11.2. The number of nitrogens with one attached hydrogen (secondary N) is 1. The molecule has 0 heterocycles. The van der Waals surface area contributed by atoms with E-state index in [1.54, 1.807) is 0 Å². The summed E-state index contributed by atoms with van der Waals surface area (Å²) in [5.41, 5.74) is 1.81. The quantitative estimate of drug-likeness (QED) is 0.838. The average molecular weight is 286 g/mol. The maximum absolute atomic E-state index is 12.4. The molecule has 0 radical (unpaired) electrons. The second-order valence-electron chi connectivity index (χ2n) is 4.26. The number of rotatable bonds is 7. The highest BCUT2D eigenvalue weighted by molar-refractivity contribution is 5.26. The fourth-order valence-corrected chi connectivity index (χ4v) is 1.67. The van der Waals surface area contributed by atoms with Gasteiger partial charge in [0.15, 0.2) is 5.92 Å². The summed E-state index contributed by atoms with van der Waals surface area (Å²) in [6.45, 7) is 2.74. The number of nitriles is 1. The summed E-state index contributed by atoms with van der Waals surface area (Å²) in [7, 11) is 0. The Labute approximate surface area is 116 Å². The van der Waals surface area contributed by atoms with Gasteiger partial charge in [-0.3, -0.25) is 0 Å². The van der Waals surface area contributed by atoms with Crippen LogP contribution >= 0.6 is 0 Å². The maximum Gasteiger partial charge on any atom is 0.405 e. The van der Waals surface area contributed by atoms with Crippen LogP contribution in [0.4, 0.5) is 13.2 Å². The molecule has 1 unspecified atom stereocenters. The van der Waals surface area contributed by atoms with Crippen LogP contribution < -0.4 is 5.32 Å². The highest BCUT2D eigenvalue weighted by Crippen LogP contribution is 2.25. The minimum absolute atomic E-state index is 0.275. The molecule has 1 aromatic rings. The standard InChI is InChI=1S/C14H17F3N2O/c1-2-20-10-12-6-4-3-5-11(12)8-19-9-13(7-18)14(15,16)17/h3-6,13,19H,2,8-10H2,1H3. The fraction of sp³-hybridized carbons (Fsp3) is 0.500. The Kier molecular flexibility index (Phi) is 6.49. The van der Waals surface area contributed by atoms with Gasteiger partial charge in [-0.2, -0.15) is 18.4 Å². The zero-order valence-electron chi connectivity index (χ0n) is 11.2. The normalized spacial score (nSPS) is 12.9. The van der Waals surface area contributed by atoms with E-state index in [1.807, 2.05) is 31.2 Å². The molecule has 0 aliphatic heterocycles. The van der Waals surface area contributed by atoms with Crippen molar-refractivity contribution in [2.45, 2.75) is 26.3 Å². The molecule has 1 atom stereocenters. The predicted octanol–water partition coefficient (Wildman–Crippen LogP) is 3.01. The van der Waals surface area contributed by atoms with Crippen molar-refractivity contribution in [1.29, 1.82) is 5.26 Å². The number of halogens is 3. The molecule has 0 aliphatic rings. The minimum atomic E-state index is -4.49. The summed E-state index contributed by atoms with van der Waals surface area (Å²) in [5.74, 6) is -1.98. The molecule has 1 N–H and O–H groups in total. The Balaban J connectivity index is 2.56. The lowest BCUT2D eigenvalue weighted by molar-refractivity contribution is -0.157. The van der Waals surface area contributed by atoms with E-state index in [9.17, 15) is 13.2 Å². The molecule has 3 nitrogen and oxygen atoms in total. The SMILES string of the molecule is CCOCc1ccccc1CNCC(C#N)C(F)(F)F. The third-order valence-corrected chi connectivity index (χ3v) is 2.79. The second-order valence-corrected chi connectivity index (χ2v) is 4.26. The first-order valence-electron chi connectivity index (χ1n) is 6.30. The van der Waals surface area contributed by atoms with Gasteiger partial charge in [-0.05, 0) is 18.1 Å². The van der Waals surface area contributed by atoms with Crippen LogP contribution in [-0.2, 0) is 17.9 Å². The van der Waals surface area contributed by atoms with Crippen LogP contribution in [0.15, 0.2) is 24.3 Å². The number of benzene rings is 1. The molecule has 0 aliphatic carbocycles.